The van der Waals surface area contributed by atoms with E-state index in [1.165, 1.54) is 6.07 Å². The van der Waals surface area contributed by atoms with Crippen LogP contribution in [0.15, 0.2) is 42.5 Å². The third-order valence-electron chi connectivity index (χ3n) is 5.86. The number of H-pyrrole nitrogens is 1. The van der Waals surface area contributed by atoms with Gasteiger partial charge in [0.2, 0.25) is 11.8 Å². The van der Waals surface area contributed by atoms with E-state index < -0.39 is 6.04 Å². The molecule has 0 saturated carbocycles. The Morgan fingerprint density at radius 1 is 1.37 bits per heavy atom. The first-order valence-corrected chi connectivity index (χ1v) is 10.9. The third kappa shape index (κ3) is 3.25. The van der Waals surface area contributed by atoms with Crippen LogP contribution in [-0.2, 0) is 16.0 Å². The van der Waals surface area contributed by atoms with Crippen molar-refractivity contribution < 1.29 is 14.0 Å². The Bertz CT molecular complexity index is 1160. The Kier molecular flexibility index (Phi) is 4.54. The summed E-state index contributed by atoms with van der Waals surface area (Å²) in [5, 5.41) is 2.94. The monoisotopic (exact) mass is 424 g/mol. The van der Waals surface area contributed by atoms with Crippen molar-refractivity contribution in [3.63, 3.8) is 0 Å². The number of carbonyl (C=O) groups is 2. The van der Waals surface area contributed by atoms with E-state index in [1.807, 2.05) is 19.1 Å². The number of benzene rings is 2. The maximum atomic E-state index is 13.9. The Hall–Kier alpha value is -2.87. The first kappa shape index (κ1) is 19.1. The number of carbonyl (C=O) groups excluding carboxylic acids is 2. The van der Waals surface area contributed by atoms with Crippen LogP contribution in [0, 0.1) is 5.82 Å². The van der Waals surface area contributed by atoms with Crippen molar-refractivity contribution >= 4 is 40.3 Å². The van der Waals surface area contributed by atoms with Crippen LogP contribution < -0.4 is 5.32 Å². The molecule has 0 radical (unpaired) electrons. The summed E-state index contributed by atoms with van der Waals surface area (Å²) in [4.78, 5) is 34.4. The molecule has 0 aliphatic carbocycles. The van der Waals surface area contributed by atoms with Crippen molar-refractivity contribution in [3.05, 3.63) is 59.7 Å². The van der Waals surface area contributed by atoms with Gasteiger partial charge in [-0.15, -0.1) is 11.8 Å². The summed E-state index contributed by atoms with van der Waals surface area (Å²) >= 11 is 1.67. The van der Waals surface area contributed by atoms with Crippen LogP contribution in [0.2, 0.25) is 0 Å². The smallest absolute Gasteiger partial charge is 0.248 e. The predicted octanol–water partition coefficient (Wildman–Crippen LogP) is 3.69. The number of fused-ring (bicyclic) bond motifs is 2. The molecule has 8 heteroatoms. The molecule has 30 heavy (non-hydrogen) atoms. The van der Waals surface area contributed by atoms with E-state index in [9.17, 15) is 14.0 Å². The van der Waals surface area contributed by atoms with Gasteiger partial charge in [0.1, 0.15) is 17.7 Å². The van der Waals surface area contributed by atoms with E-state index in [0.717, 1.165) is 17.5 Å². The molecular formula is C22H21FN4O2S. The fraction of sp³-hybridized carbons (Fsp3) is 0.318. The fourth-order valence-electron chi connectivity index (χ4n) is 4.29. The number of nitrogens with zero attached hydrogens (tertiary/aromatic N) is 2. The Morgan fingerprint density at radius 2 is 2.20 bits per heavy atom. The summed E-state index contributed by atoms with van der Waals surface area (Å²) < 4.78 is 13.9. The zero-order valence-corrected chi connectivity index (χ0v) is 17.3. The van der Waals surface area contributed by atoms with Crippen LogP contribution in [-0.4, -0.2) is 43.3 Å². The topological polar surface area (TPSA) is 78.1 Å². The van der Waals surface area contributed by atoms with Gasteiger partial charge < -0.3 is 15.2 Å². The second-order valence-electron chi connectivity index (χ2n) is 7.94. The minimum Gasteiger partial charge on any atom is -0.342 e. The van der Waals surface area contributed by atoms with Crippen molar-refractivity contribution in [1.29, 1.82) is 0 Å². The molecule has 2 aliphatic heterocycles. The highest BCUT2D eigenvalue weighted by molar-refractivity contribution is 8.01. The maximum Gasteiger partial charge on any atom is 0.248 e. The lowest BCUT2D eigenvalue weighted by Crippen LogP contribution is -2.48. The average molecular weight is 425 g/mol. The average Bonchev–Trinajstić information content (AvgIpc) is 3.36. The normalized spacial score (nSPS) is 23.2. The number of halogens is 1. The summed E-state index contributed by atoms with van der Waals surface area (Å²) in [6.45, 7) is 2.03. The van der Waals surface area contributed by atoms with Crippen LogP contribution in [0.5, 0.6) is 0 Å². The van der Waals surface area contributed by atoms with Gasteiger partial charge in [-0.05, 0) is 43.2 Å². The molecule has 2 fully saturated rings. The Balaban J connectivity index is 1.34. The van der Waals surface area contributed by atoms with Gasteiger partial charge in [-0.2, -0.15) is 0 Å². The summed E-state index contributed by atoms with van der Waals surface area (Å²) in [5.74, 6) is 0.872. The van der Waals surface area contributed by atoms with E-state index in [-0.39, 0.29) is 22.5 Å². The largest absolute Gasteiger partial charge is 0.342 e. The molecule has 2 aromatic carbocycles. The molecule has 3 heterocycles. The minimum atomic E-state index is -0.455. The molecule has 0 bridgehead atoms. The second-order valence-corrected chi connectivity index (χ2v) is 9.44. The molecule has 0 spiro atoms. The quantitative estimate of drug-likeness (QED) is 0.670. The van der Waals surface area contributed by atoms with Crippen molar-refractivity contribution in [2.45, 2.75) is 37.1 Å². The van der Waals surface area contributed by atoms with E-state index in [4.69, 9.17) is 0 Å². The molecule has 1 aromatic heterocycles. The zero-order valence-electron chi connectivity index (χ0n) is 16.4. The van der Waals surface area contributed by atoms with Gasteiger partial charge in [0.25, 0.3) is 0 Å². The summed E-state index contributed by atoms with van der Waals surface area (Å²) in [5.41, 5.74) is 2.72. The molecule has 6 nitrogen and oxygen atoms in total. The van der Waals surface area contributed by atoms with Crippen LogP contribution in [0.1, 0.15) is 31.2 Å². The molecule has 154 valence electrons. The number of thioether (sulfide) groups is 1. The van der Waals surface area contributed by atoms with Crippen LogP contribution >= 0.6 is 11.8 Å². The van der Waals surface area contributed by atoms with Gasteiger partial charge in [-0.3, -0.25) is 9.59 Å². The first-order chi connectivity index (χ1) is 14.4. The van der Waals surface area contributed by atoms with Crippen molar-refractivity contribution in [1.82, 2.24) is 14.9 Å². The van der Waals surface area contributed by atoms with Crippen molar-refractivity contribution in [3.8, 4) is 0 Å². The van der Waals surface area contributed by atoms with E-state index in [1.54, 1.807) is 40.9 Å². The van der Waals surface area contributed by atoms with Gasteiger partial charge in [0, 0.05) is 24.3 Å². The number of hydrogen-bond acceptors (Lipinski definition) is 4. The number of aromatic nitrogens is 2. The lowest BCUT2D eigenvalue weighted by Gasteiger charge is -2.29. The number of anilines is 1. The van der Waals surface area contributed by atoms with Crippen LogP contribution in [0.25, 0.3) is 11.0 Å². The molecule has 5 rings (SSSR count). The summed E-state index contributed by atoms with van der Waals surface area (Å²) in [6.07, 6.45) is 1.64. The van der Waals surface area contributed by atoms with Gasteiger partial charge in [0.15, 0.2) is 0 Å². The molecule has 2 atom stereocenters. The second kappa shape index (κ2) is 7.12. The highest BCUT2D eigenvalue weighted by Crippen LogP contribution is 2.47. The summed E-state index contributed by atoms with van der Waals surface area (Å²) in [7, 11) is 0. The first-order valence-electron chi connectivity index (χ1n) is 9.92. The minimum absolute atomic E-state index is 0.0458. The van der Waals surface area contributed by atoms with Crippen molar-refractivity contribution in [2.75, 3.05) is 11.1 Å². The Labute approximate surface area is 177 Å². The summed E-state index contributed by atoms with van der Waals surface area (Å²) in [6, 6.07) is 11.6. The number of rotatable bonds is 4. The highest BCUT2D eigenvalue weighted by Gasteiger charge is 2.52. The number of amides is 2. The lowest BCUT2D eigenvalue weighted by atomic mass is 10.1. The molecule has 2 amide bonds. The fourth-order valence-corrected chi connectivity index (χ4v) is 5.72. The lowest BCUT2D eigenvalue weighted by molar-refractivity contribution is -0.135. The van der Waals surface area contributed by atoms with E-state index in [2.05, 4.69) is 15.3 Å². The number of hydrogen-bond donors (Lipinski definition) is 2. The number of nitrogens with one attached hydrogen (secondary N) is 2. The molecular weight excluding hydrogens is 403 g/mol. The Morgan fingerprint density at radius 3 is 3.03 bits per heavy atom. The van der Waals surface area contributed by atoms with Crippen LogP contribution in [0.4, 0.5) is 10.1 Å². The van der Waals surface area contributed by atoms with Crippen molar-refractivity contribution in [2.24, 2.45) is 0 Å². The van der Waals surface area contributed by atoms with Gasteiger partial charge in [-0.25, -0.2) is 9.37 Å². The molecule has 2 unspecified atom stereocenters. The van der Waals surface area contributed by atoms with E-state index >= 15 is 0 Å². The van der Waals surface area contributed by atoms with Gasteiger partial charge in [-0.1, -0.05) is 18.2 Å². The molecule has 2 aliphatic rings. The SMILES string of the molecule is CC12CCC(=O)N1C(C(=O)Nc1ccc3nc(Cc4ccccc4F)[nH]c3c1)CS2. The maximum absolute atomic E-state index is 13.9. The molecule has 2 N–H and O–H groups in total. The predicted molar refractivity (Wildman–Crippen MR) is 115 cm³/mol. The molecule has 3 aromatic rings. The number of imidazole rings is 1. The van der Waals surface area contributed by atoms with Gasteiger partial charge >= 0.3 is 0 Å². The van der Waals surface area contributed by atoms with E-state index in [0.29, 0.717) is 35.7 Å². The standard InChI is InChI=1S/C22H21FN4O2S/c1-22-9-8-20(28)27(22)18(12-30-22)21(29)24-14-6-7-16-17(11-14)26-19(25-16)10-13-4-2-3-5-15(13)23/h2-7,11,18H,8-10,12H2,1H3,(H,24,29)(H,25,26). The molecule has 2 saturated heterocycles. The number of aromatic amines is 1. The third-order valence-corrected chi connectivity index (χ3v) is 7.37. The zero-order chi connectivity index (χ0) is 20.9. The van der Waals surface area contributed by atoms with Gasteiger partial charge in [0.05, 0.1) is 15.9 Å². The van der Waals surface area contributed by atoms with Crippen LogP contribution in [0.3, 0.4) is 0 Å². The highest BCUT2D eigenvalue weighted by atomic mass is 32.2.